The van der Waals surface area contributed by atoms with Gasteiger partial charge in [0, 0.05) is 23.7 Å². The summed E-state index contributed by atoms with van der Waals surface area (Å²) < 4.78 is 1.88. The Hall–Kier alpha value is -2.95. The maximum atomic E-state index is 12.2. The topological polar surface area (TPSA) is 78.0 Å². The van der Waals surface area contributed by atoms with Gasteiger partial charge in [0.25, 0.3) is 5.91 Å². The number of ketones is 1. The lowest BCUT2D eigenvalue weighted by Crippen LogP contribution is -2.18. The van der Waals surface area contributed by atoms with Crippen LogP contribution in [0.2, 0.25) is 0 Å². The van der Waals surface area contributed by atoms with E-state index in [4.69, 9.17) is 5.73 Å². The summed E-state index contributed by atoms with van der Waals surface area (Å²) in [5, 5.41) is 1.01. The van der Waals surface area contributed by atoms with Gasteiger partial charge in [0.1, 0.15) is 0 Å². The number of fused-ring (bicyclic) bond motifs is 2. The maximum absolute atomic E-state index is 12.2. The number of rotatable bonds is 2. The first-order chi connectivity index (χ1) is 11.1. The molecule has 3 aromatic rings. The van der Waals surface area contributed by atoms with Crippen molar-refractivity contribution in [3.8, 4) is 5.69 Å². The van der Waals surface area contributed by atoms with Gasteiger partial charge in [-0.15, -0.1) is 0 Å². The number of carbonyl (C=O) groups excluding carboxylic acids is 2. The van der Waals surface area contributed by atoms with E-state index in [1.165, 1.54) is 0 Å². The zero-order chi connectivity index (χ0) is 16.0. The van der Waals surface area contributed by atoms with Crippen molar-refractivity contribution < 1.29 is 9.59 Å². The van der Waals surface area contributed by atoms with Crippen LogP contribution in [0.1, 0.15) is 39.3 Å². The molecule has 0 radical (unpaired) electrons. The monoisotopic (exact) mass is 305 g/mol. The van der Waals surface area contributed by atoms with E-state index in [0.29, 0.717) is 17.5 Å². The Morgan fingerprint density at radius 3 is 2.87 bits per heavy atom. The largest absolute Gasteiger partial charge is 0.366 e. The Balaban J connectivity index is 1.95. The van der Waals surface area contributed by atoms with Crippen LogP contribution in [-0.4, -0.2) is 21.2 Å². The van der Waals surface area contributed by atoms with Gasteiger partial charge in [-0.25, -0.2) is 0 Å². The number of benzene rings is 1. The second-order valence-corrected chi connectivity index (χ2v) is 5.76. The molecule has 1 amide bonds. The minimum Gasteiger partial charge on any atom is -0.366 e. The average Bonchev–Trinajstić information content (AvgIpc) is 2.96. The molecule has 23 heavy (non-hydrogen) atoms. The van der Waals surface area contributed by atoms with Gasteiger partial charge in [-0.3, -0.25) is 14.6 Å². The van der Waals surface area contributed by atoms with Crippen LogP contribution in [0.5, 0.6) is 0 Å². The molecule has 0 atom stereocenters. The molecule has 0 saturated carbocycles. The Bertz CT molecular complexity index is 956. The molecule has 2 heterocycles. The van der Waals surface area contributed by atoms with E-state index >= 15 is 0 Å². The highest BCUT2D eigenvalue weighted by Gasteiger charge is 2.28. The van der Waals surface area contributed by atoms with E-state index < -0.39 is 5.91 Å². The molecule has 114 valence electrons. The number of hydrogen-bond acceptors (Lipinski definition) is 3. The molecular weight excluding hydrogens is 290 g/mol. The third-order valence-corrected chi connectivity index (χ3v) is 4.32. The second-order valence-electron chi connectivity index (χ2n) is 5.76. The number of hydrogen-bond donors (Lipinski definition) is 1. The van der Waals surface area contributed by atoms with Crippen molar-refractivity contribution in [2.75, 3.05) is 0 Å². The number of nitrogens with two attached hydrogens (primary N) is 1. The van der Waals surface area contributed by atoms with E-state index in [0.717, 1.165) is 35.1 Å². The predicted octanol–water partition coefficient (Wildman–Crippen LogP) is 2.64. The van der Waals surface area contributed by atoms with Gasteiger partial charge in [0.05, 0.1) is 28.5 Å². The summed E-state index contributed by atoms with van der Waals surface area (Å²) >= 11 is 0. The summed E-state index contributed by atoms with van der Waals surface area (Å²) in [6.07, 6.45) is 5.43. The SMILES string of the molecule is NC(=O)c1cn(-c2cnc3ccccc3c2)c2c1C(=O)CCC2. The highest BCUT2D eigenvalue weighted by Crippen LogP contribution is 2.29. The van der Waals surface area contributed by atoms with Gasteiger partial charge in [0.2, 0.25) is 0 Å². The lowest BCUT2D eigenvalue weighted by atomic mass is 9.93. The summed E-state index contributed by atoms with van der Waals surface area (Å²) in [4.78, 5) is 28.4. The molecule has 0 saturated heterocycles. The number of para-hydroxylation sites is 1. The lowest BCUT2D eigenvalue weighted by Gasteiger charge is -2.15. The van der Waals surface area contributed by atoms with Crippen LogP contribution in [-0.2, 0) is 6.42 Å². The van der Waals surface area contributed by atoms with Crippen LogP contribution < -0.4 is 5.73 Å². The minimum absolute atomic E-state index is 0.00690. The number of amides is 1. The van der Waals surface area contributed by atoms with E-state index in [9.17, 15) is 9.59 Å². The van der Waals surface area contributed by atoms with Crippen LogP contribution in [0.25, 0.3) is 16.6 Å². The van der Waals surface area contributed by atoms with Crippen LogP contribution in [0, 0.1) is 0 Å². The summed E-state index contributed by atoms with van der Waals surface area (Å²) in [5.74, 6) is -0.573. The van der Waals surface area contributed by atoms with Gasteiger partial charge >= 0.3 is 0 Å². The number of carbonyl (C=O) groups is 2. The highest BCUT2D eigenvalue weighted by atomic mass is 16.1. The lowest BCUT2D eigenvalue weighted by molar-refractivity contribution is 0.0950. The Morgan fingerprint density at radius 1 is 1.22 bits per heavy atom. The Labute approximate surface area is 132 Å². The van der Waals surface area contributed by atoms with Gasteiger partial charge in [0.15, 0.2) is 5.78 Å². The molecule has 1 aromatic carbocycles. The van der Waals surface area contributed by atoms with Crippen molar-refractivity contribution in [3.05, 3.63) is 59.5 Å². The smallest absolute Gasteiger partial charge is 0.251 e. The second kappa shape index (κ2) is 5.05. The predicted molar refractivity (Wildman–Crippen MR) is 86.9 cm³/mol. The summed E-state index contributed by atoms with van der Waals surface area (Å²) in [5.41, 5.74) is 8.84. The molecule has 4 rings (SSSR count). The fraction of sp³-hybridized carbons (Fsp3) is 0.167. The molecule has 5 nitrogen and oxygen atoms in total. The van der Waals surface area contributed by atoms with E-state index in [1.807, 2.05) is 34.9 Å². The minimum atomic E-state index is -0.566. The van der Waals surface area contributed by atoms with Gasteiger partial charge < -0.3 is 10.3 Å². The molecule has 0 fully saturated rings. The zero-order valence-electron chi connectivity index (χ0n) is 12.5. The summed E-state index contributed by atoms with van der Waals surface area (Å²) in [6.45, 7) is 0. The van der Waals surface area contributed by atoms with Gasteiger partial charge in [-0.2, -0.15) is 0 Å². The molecular formula is C18H15N3O2. The molecule has 2 aromatic heterocycles. The van der Waals surface area contributed by atoms with Crippen molar-refractivity contribution in [1.82, 2.24) is 9.55 Å². The Kier molecular flexibility index (Phi) is 3.01. The van der Waals surface area contributed by atoms with Crippen LogP contribution in [0.15, 0.2) is 42.7 Å². The Morgan fingerprint density at radius 2 is 2.04 bits per heavy atom. The van der Waals surface area contributed by atoms with E-state index in [2.05, 4.69) is 4.98 Å². The average molecular weight is 305 g/mol. The van der Waals surface area contributed by atoms with Crippen LogP contribution >= 0.6 is 0 Å². The molecule has 0 unspecified atom stereocenters. The summed E-state index contributed by atoms with van der Waals surface area (Å²) in [7, 11) is 0. The first-order valence-corrected chi connectivity index (χ1v) is 7.57. The van der Waals surface area contributed by atoms with Crippen molar-refractivity contribution in [2.24, 2.45) is 5.73 Å². The third-order valence-electron chi connectivity index (χ3n) is 4.32. The molecule has 0 spiro atoms. The van der Waals surface area contributed by atoms with Crippen LogP contribution in [0.4, 0.5) is 0 Å². The standard InChI is InChI=1S/C18H15N3O2/c19-18(23)13-10-21(15-6-3-7-16(22)17(13)15)12-8-11-4-1-2-5-14(11)20-9-12/h1-2,4-5,8-10H,3,6-7H2,(H2,19,23). The zero-order valence-corrected chi connectivity index (χ0v) is 12.5. The van der Waals surface area contributed by atoms with Crippen molar-refractivity contribution in [3.63, 3.8) is 0 Å². The van der Waals surface area contributed by atoms with Crippen molar-refractivity contribution >= 4 is 22.6 Å². The maximum Gasteiger partial charge on any atom is 0.251 e. The number of nitrogens with zero attached hydrogens (tertiary/aromatic N) is 2. The molecule has 0 bridgehead atoms. The van der Waals surface area contributed by atoms with E-state index in [1.54, 1.807) is 12.4 Å². The number of primary amides is 1. The third kappa shape index (κ3) is 2.12. The molecule has 1 aliphatic carbocycles. The molecule has 0 aliphatic heterocycles. The number of aromatic nitrogens is 2. The quantitative estimate of drug-likeness (QED) is 0.790. The normalized spacial score (nSPS) is 14.0. The molecule has 1 aliphatic rings. The van der Waals surface area contributed by atoms with E-state index in [-0.39, 0.29) is 5.78 Å². The highest BCUT2D eigenvalue weighted by molar-refractivity contribution is 6.09. The van der Waals surface area contributed by atoms with Gasteiger partial charge in [-0.1, -0.05) is 18.2 Å². The first kappa shape index (κ1) is 13.7. The first-order valence-electron chi connectivity index (χ1n) is 7.57. The van der Waals surface area contributed by atoms with Crippen molar-refractivity contribution in [2.45, 2.75) is 19.3 Å². The number of pyridine rings is 1. The fourth-order valence-electron chi connectivity index (χ4n) is 3.25. The fourth-order valence-corrected chi connectivity index (χ4v) is 3.25. The van der Waals surface area contributed by atoms with Gasteiger partial charge in [-0.05, 0) is 25.0 Å². The number of Topliss-reactive ketones (excluding diaryl/α,β-unsaturated/α-hetero) is 1. The molecule has 2 N–H and O–H groups in total. The van der Waals surface area contributed by atoms with Crippen LogP contribution in [0.3, 0.4) is 0 Å². The molecule has 5 heteroatoms. The summed E-state index contributed by atoms with van der Waals surface area (Å²) in [6, 6.07) is 9.84. The van der Waals surface area contributed by atoms with Crippen molar-refractivity contribution in [1.29, 1.82) is 0 Å².